The maximum absolute atomic E-state index is 5.54. The zero-order valence-corrected chi connectivity index (χ0v) is 9.21. The molecular formula is C8H15N5S. The molecule has 1 aromatic rings. The van der Waals surface area contributed by atoms with Crippen molar-refractivity contribution in [2.45, 2.75) is 5.03 Å². The van der Waals surface area contributed by atoms with Gasteiger partial charge in [-0.3, -0.25) is 0 Å². The van der Waals surface area contributed by atoms with Crippen molar-refractivity contribution in [1.82, 2.24) is 14.9 Å². The SMILES string of the molecule is CN(C)CCSc1cc(N)nc(N)n1. The number of nitrogen functional groups attached to an aromatic ring is 2. The molecule has 14 heavy (non-hydrogen) atoms. The van der Waals surface area contributed by atoms with E-state index in [1.165, 1.54) is 0 Å². The second-order valence-corrected chi connectivity index (χ2v) is 4.26. The smallest absolute Gasteiger partial charge is 0.223 e. The first-order valence-corrected chi connectivity index (χ1v) is 5.24. The molecule has 1 aromatic heterocycles. The van der Waals surface area contributed by atoms with Crippen LogP contribution in [-0.2, 0) is 0 Å². The number of aromatic nitrogens is 2. The number of hydrogen-bond acceptors (Lipinski definition) is 6. The normalized spacial score (nSPS) is 10.8. The van der Waals surface area contributed by atoms with Crippen LogP contribution in [0.3, 0.4) is 0 Å². The lowest BCUT2D eigenvalue weighted by Crippen LogP contribution is -2.14. The molecular weight excluding hydrogens is 198 g/mol. The Hall–Kier alpha value is -1.01. The van der Waals surface area contributed by atoms with Gasteiger partial charge in [0.1, 0.15) is 10.8 Å². The summed E-state index contributed by atoms with van der Waals surface area (Å²) in [7, 11) is 4.06. The standard InChI is InChI=1S/C8H15N5S/c1-13(2)3-4-14-7-5-6(9)11-8(10)12-7/h5H,3-4H2,1-2H3,(H4,9,10,11,12). The summed E-state index contributed by atoms with van der Waals surface area (Å²) in [5.41, 5.74) is 11.0. The van der Waals surface area contributed by atoms with E-state index in [0.717, 1.165) is 17.3 Å². The van der Waals surface area contributed by atoms with Gasteiger partial charge in [-0.25, -0.2) is 4.98 Å². The van der Waals surface area contributed by atoms with Crippen molar-refractivity contribution < 1.29 is 0 Å². The monoisotopic (exact) mass is 213 g/mol. The van der Waals surface area contributed by atoms with E-state index in [2.05, 4.69) is 14.9 Å². The van der Waals surface area contributed by atoms with E-state index in [1.54, 1.807) is 17.8 Å². The molecule has 78 valence electrons. The number of nitrogens with zero attached hydrogens (tertiary/aromatic N) is 3. The highest BCUT2D eigenvalue weighted by atomic mass is 32.2. The lowest BCUT2D eigenvalue weighted by Gasteiger charge is -2.08. The van der Waals surface area contributed by atoms with Gasteiger partial charge in [0, 0.05) is 18.4 Å². The number of rotatable bonds is 4. The van der Waals surface area contributed by atoms with Crippen LogP contribution in [0.5, 0.6) is 0 Å². The maximum atomic E-state index is 5.54. The van der Waals surface area contributed by atoms with Gasteiger partial charge < -0.3 is 16.4 Å². The summed E-state index contributed by atoms with van der Waals surface area (Å²) in [6.07, 6.45) is 0. The molecule has 0 aliphatic carbocycles. The molecule has 0 aliphatic rings. The van der Waals surface area contributed by atoms with Crippen LogP contribution in [0.2, 0.25) is 0 Å². The van der Waals surface area contributed by atoms with E-state index in [-0.39, 0.29) is 5.95 Å². The van der Waals surface area contributed by atoms with Crippen LogP contribution in [0.1, 0.15) is 0 Å². The molecule has 0 unspecified atom stereocenters. The molecule has 0 saturated heterocycles. The highest BCUT2D eigenvalue weighted by molar-refractivity contribution is 7.99. The topological polar surface area (TPSA) is 81.1 Å². The summed E-state index contributed by atoms with van der Waals surface area (Å²) < 4.78 is 0. The first-order chi connectivity index (χ1) is 6.58. The van der Waals surface area contributed by atoms with Crippen molar-refractivity contribution in [3.05, 3.63) is 6.07 Å². The molecule has 0 bridgehead atoms. The lowest BCUT2D eigenvalue weighted by atomic mass is 10.6. The average molecular weight is 213 g/mol. The minimum Gasteiger partial charge on any atom is -0.383 e. The van der Waals surface area contributed by atoms with E-state index >= 15 is 0 Å². The van der Waals surface area contributed by atoms with E-state index in [1.807, 2.05) is 14.1 Å². The Morgan fingerprint density at radius 1 is 1.36 bits per heavy atom. The summed E-state index contributed by atoms with van der Waals surface area (Å²) >= 11 is 1.62. The second kappa shape index (κ2) is 5.02. The first-order valence-electron chi connectivity index (χ1n) is 4.25. The van der Waals surface area contributed by atoms with E-state index < -0.39 is 0 Å². The van der Waals surface area contributed by atoms with Gasteiger partial charge in [-0.15, -0.1) is 11.8 Å². The molecule has 0 saturated carbocycles. The van der Waals surface area contributed by atoms with E-state index in [4.69, 9.17) is 11.5 Å². The van der Waals surface area contributed by atoms with Gasteiger partial charge in [0.15, 0.2) is 0 Å². The molecule has 0 aliphatic heterocycles. The highest BCUT2D eigenvalue weighted by Gasteiger charge is 2.00. The Morgan fingerprint density at radius 2 is 2.07 bits per heavy atom. The Bertz CT molecular complexity index is 282. The summed E-state index contributed by atoms with van der Waals surface area (Å²) in [4.78, 5) is 9.97. The van der Waals surface area contributed by atoms with Crippen LogP contribution in [0.4, 0.5) is 11.8 Å². The number of nitrogens with two attached hydrogens (primary N) is 2. The summed E-state index contributed by atoms with van der Waals surface area (Å²) in [6.45, 7) is 0.995. The van der Waals surface area contributed by atoms with Crippen molar-refractivity contribution in [2.24, 2.45) is 0 Å². The third-order valence-corrected chi connectivity index (χ3v) is 2.42. The molecule has 0 fully saturated rings. The van der Waals surface area contributed by atoms with Crippen molar-refractivity contribution in [3.8, 4) is 0 Å². The van der Waals surface area contributed by atoms with Crippen molar-refractivity contribution >= 4 is 23.5 Å². The minimum atomic E-state index is 0.234. The quantitative estimate of drug-likeness (QED) is 0.553. The van der Waals surface area contributed by atoms with Gasteiger partial charge in [-0.1, -0.05) is 0 Å². The minimum absolute atomic E-state index is 0.234. The van der Waals surface area contributed by atoms with Crippen LogP contribution in [0.25, 0.3) is 0 Å². The Balaban J connectivity index is 2.50. The predicted octanol–water partition coefficient (Wildman–Crippen LogP) is 0.295. The van der Waals surface area contributed by atoms with E-state index in [9.17, 15) is 0 Å². The third-order valence-electron chi connectivity index (χ3n) is 1.53. The van der Waals surface area contributed by atoms with Gasteiger partial charge in [0.25, 0.3) is 0 Å². The van der Waals surface area contributed by atoms with Crippen LogP contribution in [0.15, 0.2) is 11.1 Å². The molecule has 1 heterocycles. The zero-order valence-electron chi connectivity index (χ0n) is 8.40. The molecule has 1 rings (SSSR count). The van der Waals surface area contributed by atoms with Gasteiger partial charge in [0.2, 0.25) is 5.95 Å². The fourth-order valence-corrected chi connectivity index (χ4v) is 1.90. The van der Waals surface area contributed by atoms with Gasteiger partial charge in [0.05, 0.1) is 0 Å². The van der Waals surface area contributed by atoms with Crippen molar-refractivity contribution in [3.63, 3.8) is 0 Å². The van der Waals surface area contributed by atoms with Gasteiger partial charge in [-0.05, 0) is 14.1 Å². The Kier molecular flexibility index (Phi) is 3.97. The molecule has 0 spiro atoms. The van der Waals surface area contributed by atoms with Crippen molar-refractivity contribution in [1.29, 1.82) is 0 Å². The van der Waals surface area contributed by atoms with Crippen LogP contribution in [-0.4, -0.2) is 41.3 Å². The van der Waals surface area contributed by atoms with Crippen molar-refractivity contribution in [2.75, 3.05) is 37.9 Å². The third kappa shape index (κ3) is 3.80. The summed E-state index contributed by atoms with van der Waals surface area (Å²) in [5, 5.41) is 0.830. The molecule has 0 aromatic carbocycles. The van der Waals surface area contributed by atoms with Gasteiger partial charge >= 0.3 is 0 Å². The summed E-state index contributed by atoms with van der Waals surface area (Å²) in [5.74, 6) is 1.62. The molecule has 0 amide bonds. The number of anilines is 2. The second-order valence-electron chi connectivity index (χ2n) is 3.14. The largest absolute Gasteiger partial charge is 0.383 e. The summed E-state index contributed by atoms with van der Waals surface area (Å²) in [6, 6.07) is 1.73. The van der Waals surface area contributed by atoms with Crippen LogP contribution >= 0.6 is 11.8 Å². The molecule has 6 heteroatoms. The Labute approximate surface area is 87.9 Å². The van der Waals surface area contributed by atoms with E-state index in [0.29, 0.717) is 5.82 Å². The zero-order chi connectivity index (χ0) is 10.6. The number of thioether (sulfide) groups is 1. The average Bonchev–Trinajstić information content (AvgIpc) is 2.01. The number of hydrogen-bond donors (Lipinski definition) is 2. The molecule has 4 N–H and O–H groups in total. The molecule has 5 nitrogen and oxygen atoms in total. The molecule has 0 atom stereocenters. The lowest BCUT2D eigenvalue weighted by molar-refractivity contribution is 0.437. The highest BCUT2D eigenvalue weighted by Crippen LogP contribution is 2.17. The predicted molar refractivity (Wildman–Crippen MR) is 60.1 cm³/mol. The molecule has 0 radical (unpaired) electrons. The maximum Gasteiger partial charge on any atom is 0.223 e. The Morgan fingerprint density at radius 3 is 2.64 bits per heavy atom. The van der Waals surface area contributed by atoms with Crippen LogP contribution in [0, 0.1) is 0 Å². The first kappa shape index (κ1) is 11.1. The fourth-order valence-electron chi connectivity index (χ4n) is 0.868. The van der Waals surface area contributed by atoms with Crippen LogP contribution < -0.4 is 11.5 Å². The van der Waals surface area contributed by atoms with Gasteiger partial charge in [-0.2, -0.15) is 4.98 Å². The fraction of sp³-hybridized carbons (Fsp3) is 0.500.